The predicted molar refractivity (Wildman–Crippen MR) is 97.7 cm³/mol. The molecule has 6 heteroatoms. The molecule has 3 atom stereocenters. The first-order valence-corrected chi connectivity index (χ1v) is 9.54. The van der Waals surface area contributed by atoms with Gasteiger partial charge in [0.05, 0.1) is 6.54 Å². The summed E-state index contributed by atoms with van der Waals surface area (Å²) in [5, 5.41) is 0. The van der Waals surface area contributed by atoms with Crippen LogP contribution in [0.15, 0.2) is 36.4 Å². The third-order valence-corrected chi connectivity index (χ3v) is 5.91. The van der Waals surface area contributed by atoms with Gasteiger partial charge in [0.1, 0.15) is 12.0 Å². The number of benzene rings is 2. The molecule has 0 radical (unpaired) electrons. The molecule has 2 aromatic carbocycles. The van der Waals surface area contributed by atoms with Crippen molar-refractivity contribution in [2.75, 3.05) is 6.54 Å². The molecule has 1 aliphatic carbocycles. The number of nitrogens with zero attached hydrogens (tertiary/aromatic N) is 1. The van der Waals surface area contributed by atoms with Crippen molar-refractivity contribution in [3.63, 3.8) is 0 Å². The fraction of sp³-hybridized carbons (Fsp3) is 0.409. The van der Waals surface area contributed by atoms with Gasteiger partial charge in [0.2, 0.25) is 5.91 Å². The van der Waals surface area contributed by atoms with Crippen LogP contribution in [0.3, 0.4) is 0 Å². The predicted octanol–water partition coefficient (Wildman–Crippen LogP) is 4.91. The van der Waals surface area contributed by atoms with E-state index in [0.717, 1.165) is 18.9 Å². The zero-order chi connectivity index (χ0) is 20.0. The van der Waals surface area contributed by atoms with Gasteiger partial charge in [-0.05, 0) is 30.9 Å². The van der Waals surface area contributed by atoms with E-state index in [2.05, 4.69) is 0 Å². The number of amides is 1. The maximum absolute atomic E-state index is 15.2. The number of carbonyl (C=O) groups excluding carboxylic acids is 1. The van der Waals surface area contributed by atoms with E-state index >= 15 is 4.39 Å². The molecule has 2 fully saturated rings. The van der Waals surface area contributed by atoms with Gasteiger partial charge in [-0.1, -0.05) is 37.3 Å². The van der Waals surface area contributed by atoms with Crippen LogP contribution in [-0.2, 0) is 11.2 Å². The Labute approximate surface area is 161 Å². The number of halogens is 4. The summed E-state index contributed by atoms with van der Waals surface area (Å²) >= 11 is 0. The maximum atomic E-state index is 15.2. The Morgan fingerprint density at radius 2 is 1.68 bits per heavy atom. The van der Waals surface area contributed by atoms with Crippen LogP contribution >= 0.6 is 0 Å². The summed E-state index contributed by atoms with van der Waals surface area (Å²) in [6.07, 6.45) is 0.614. The highest BCUT2D eigenvalue weighted by atomic mass is 19.2. The van der Waals surface area contributed by atoms with E-state index in [4.69, 9.17) is 0 Å². The Morgan fingerprint density at radius 1 is 1.04 bits per heavy atom. The molecule has 28 heavy (non-hydrogen) atoms. The molecule has 1 saturated carbocycles. The topological polar surface area (TPSA) is 20.3 Å². The molecule has 1 amide bonds. The third-order valence-electron chi connectivity index (χ3n) is 5.91. The largest absolute Gasteiger partial charge is 0.336 e. The van der Waals surface area contributed by atoms with Crippen LogP contribution in [0.5, 0.6) is 0 Å². The molecule has 1 saturated heterocycles. The lowest BCUT2D eigenvalue weighted by Crippen LogP contribution is -2.40. The normalized spacial score (nSPS) is 24.6. The molecular formula is C22H21F4NO. The smallest absolute Gasteiger partial charge is 0.226 e. The number of hydrogen-bond acceptors (Lipinski definition) is 1. The Kier molecular flexibility index (Phi) is 4.89. The number of likely N-dealkylation sites (tertiary alicyclic amines) is 1. The van der Waals surface area contributed by atoms with E-state index in [1.807, 2.05) is 0 Å². The second-order valence-corrected chi connectivity index (χ2v) is 7.79. The van der Waals surface area contributed by atoms with Crippen molar-refractivity contribution in [2.45, 2.75) is 38.4 Å². The zero-order valence-electron chi connectivity index (χ0n) is 15.5. The molecule has 0 bridgehead atoms. The Bertz CT molecular complexity index is 911. The highest BCUT2D eigenvalue weighted by Crippen LogP contribution is 2.38. The van der Waals surface area contributed by atoms with Gasteiger partial charge >= 0.3 is 0 Å². The molecule has 2 aliphatic rings. The van der Waals surface area contributed by atoms with Gasteiger partial charge in [0.15, 0.2) is 11.6 Å². The van der Waals surface area contributed by atoms with Gasteiger partial charge in [-0.3, -0.25) is 4.79 Å². The quantitative estimate of drug-likeness (QED) is 0.679. The fourth-order valence-corrected chi connectivity index (χ4v) is 4.01. The van der Waals surface area contributed by atoms with Crippen molar-refractivity contribution >= 4 is 5.91 Å². The minimum absolute atomic E-state index is 0.0288. The van der Waals surface area contributed by atoms with Gasteiger partial charge in [-0.2, -0.15) is 0 Å². The van der Waals surface area contributed by atoms with Crippen molar-refractivity contribution in [3.8, 4) is 11.1 Å². The van der Waals surface area contributed by atoms with Crippen LogP contribution in [0.1, 0.15) is 25.3 Å². The summed E-state index contributed by atoms with van der Waals surface area (Å²) < 4.78 is 57.2. The Morgan fingerprint density at radius 3 is 2.36 bits per heavy atom. The van der Waals surface area contributed by atoms with Crippen molar-refractivity contribution in [2.24, 2.45) is 11.8 Å². The van der Waals surface area contributed by atoms with E-state index in [0.29, 0.717) is 0 Å². The summed E-state index contributed by atoms with van der Waals surface area (Å²) in [6.45, 7) is 1.75. The summed E-state index contributed by atoms with van der Waals surface area (Å²) in [7, 11) is 0. The summed E-state index contributed by atoms with van der Waals surface area (Å²) in [4.78, 5) is 14.1. The Hall–Kier alpha value is -2.37. The lowest BCUT2D eigenvalue weighted by molar-refractivity contribution is -0.133. The zero-order valence-corrected chi connectivity index (χ0v) is 15.5. The molecule has 2 nitrogen and oxygen atoms in total. The van der Waals surface area contributed by atoms with Crippen LogP contribution in [-0.4, -0.2) is 29.6 Å². The van der Waals surface area contributed by atoms with Crippen molar-refractivity contribution in [3.05, 3.63) is 59.4 Å². The third kappa shape index (κ3) is 3.29. The van der Waals surface area contributed by atoms with Gasteiger partial charge in [-0.15, -0.1) is 0 Å². The molecule has 0 N–H and O–H groups in total. The number of rotatable bonds is 4. The van der Waals surface area contributed by atoms with Crippen LogP contribution in [0.4, 0.5) is 17.6 Å². The van der Waals surface area contributed by atoms with Crippen LogP contribution in [0.25, 0.3) is 11.1 Å². The molecule has 0 unspecified atom stereocenters. The average Bonchev–Trinajstić information content (AvgIpc) is 3.48. The standard InChI is InChI=1S/C22H21F4NO/c1-12-18(24)11-27(22(28)13-8-9-13)19(12)10-14-4-2-5-15(20(14)25)16-6-3-7-17(23)21(16)26/h2-7,12-13,18-19H,8-11H2,1H3/t12-,18-,19-/m0/s1. The minimum atomic E-state index is -1.15. The highest BCUT2D eigenvalue weighted by molar-refractivity contribution is 5.81. The molecule has 2 aromatic rings. The Balaban J connectivity index is 1.66. The van der Waals surface area contributed by atoms with Crippen molar-refractivity contribution in [1.29, 1.82) is 0 Å². The molecule has 0 aromatic heterocycles. The van der Waals surface area contributed by atoms with Crippen molar-refractivity contribution < 1.29 is 22.4 Å². The van der Waals surface area contributed by atoms with E-state index < -0.39 is 35.6 Å². The van der Waals surface area contributed by atoms with E-state index in [1.54, 1.807) is 24.0 Å². The van der Waals surface area contributed by atoms with E-state index in [9.17, 15) is 18.0 Å². The molecule has 0 spiro atoms. The lowest BCUT2D eigenvalue weighted by Gasteiger charge is -2.27. The van der Waals surface area contributed by atoms with Crippen LogP contribution < -0.4 is 0 Å². The lowest BCUT2D eigenvalue weighted by atomic mass is 9.92. The van der Waals surface area contributed by atoms with Crippen LogP contribution in [0, 0.1) is 29.3 Å². The molecule has 4 rings (SSSR count). The highest BCUT2D eigenvalue weighted by Gasteiger charge is 2.45. The number of carbonyl (C=O) groups is 1. The molecule has 1 aliphatic heterocycles. The van der Waals surface area contributed by atoms with Crippen molar-refractivity contribution in [1.82, 2.24) is 4.90 Å². The first kappa shape index (κ1) is 19.0. The average molecular weight is 391 g/mol. The number of hydrogen-bond donors (Lipinski definition) is 0. The first-order valence-electron chi connectivity index (χ1n) is 9.54. The van der Waals surface area contributed by atoms with Gasteiger partial charge < -0.3 is 4.90 Å². The molecule has 1 heterocycles. The summed E-state index contributed by atoms with van der Waals surface area (Å²) in [5.41, 5.74) is 0.0610. The van der Waals surface area contributed by atoms with Gasteiger partial charge in [0, 0.05) is 29.0 Å². The first-order chi connectivity index (χ1) is 13.4. The van der Waals surface area contributed by atoms with E-state index in [-0.39, 0.29) is 41.5 Å². The molecular weight excluding hydrogens is 370 g/mol. The summed E-state index contributed by atoms with van der Waals surface area (Å²) in [5.74, 6) is -3.35. The monoisotopic (exact) mass is 391 g/mol. The second kappa shape index (κ2) is 7.22. The minimum Gasteiger partial charge on any atom is -0.336 e. The van der Waals surface area contributed by atoms with Gasteiger partial charge in [-0.25, -0.2) is 17.6 Å². The summed E-state index contributed by atoms with van der Waals surface area (Å²) in [6, 6.07) is 7.67. The van der Waals surface area contributed by atoms with Gasteiger partial charge in [0.25, 0.3) is 0 Å². The number of alkyl halides is 1. The SMILES string of the molecule is C[C@H]1[C@@H](F)CN(C(=O)C2CC2)[C@H]1Cc1cccc(-c2cccc(F)c2F)c1F. The fourth-order valence-electron chi connectivity index (χ4n) is 4.01. The molecule has 148 valence electrons. The van der Waals surface area contributed by atoms with Crippen LogP contribution in [0.2, 0.25) is 0 Å². The second-order valence-electron chi connectivity index (χ2n) is 7.79. The van der Waals surface area contributed by atoms with E-state index in [1.165, 1.54) is 18.2 Å². The maximum Gasteiger partial charge on any atom is 0.226 e.